The number of halogens is 1. The summed E-state index contributed by atoms with van der Waals surface area (Å²) >= 11 is 6.02. The van der Waals surface area contributed by atoms with Crippen LogP contribution in [-0.2, 0) is 12.0 Å². The van der Waals surface area contributed by atoms with Crippen LogP contribution in [0.4, 0.5) is 5.69 Å². The largest absolute Gasteiger partial charge is 0.492 e. The van der Waals surface area contributed by atoms with Gasteiger partial charge in [0, 0.05) is 10.4 Å². The summed E-state index contributed by atoms with van der Waals surface area (Å²) in [7, 11) is 0. The number of aromatic nitrogens is 2. The molecule has 0 radical (unpaired) electrons. The molecule has 0 saturated heterocycles. The standard InChI is InChI=1S/C15H20ClN3O2/c1-5-20-12-7-6-10(16)8-11(12)17-9-13-18-14(19-21-13)15(2,3)4/h6-8,17H,5,9H2,1-4H3. The maximum Gasteiger partial charge on any atom is 0.245 e. The van der Waals surface area contributed by atoms with E-state index in [0.29, 0.717) is 29.9 Å². The monoisotopic (exact) mass is 309 g/mol. The van der Waals surface area contributed by atoms with E-state index in [2.05, 4.69) is 15.5 Å². The van der Waals surface area contributed by atoms with Gasteiger partial charge in [0.2, 0.25) is 5.89 Å². The smallest absolute Gasteiger partial charge is 0.245 e. The predicted octanol–water partition coefficient (Wildman–Crippen LogP) is 4.03. The molecule has 1 aromatic carbocycles. The molecule has 114 valence electrons. The number of hydrogen-bond acceptors (Lipinski definition) is 5. The van der Waals surface area contributed by atoms with Gasteiger partial charge in [0.25, 0.3) is 0 Å². The molecular weight excluding hydrogens is 290 g/mol. The van der Waals surface area contributed by atoms with Crippen LogP contribution in [-0.4, -0.2) is 16.7 Å². The van der Waals surface area contributed by atoms with Crippen molar-refractivity contribution in [2.45, 2.75) is 39.7 Å². The molecule has 0 saturated carbocycles. The van der Waals surface area contributed by atoms with E-state index in [1.165, 1.54) is 0 Å². The molecule has 0 bridgehead atoms. The van der Waals surface area contributed by atoms with Gasteiger partial charge in [-0.05, 0) is 25.1 Å². The second kappa shape index (κ2) is 6.35. The highest BCUT2D eigenvalue weighted by Crippen LogP contribution is 2.28. The third kappa shape index (κ3) is 4.11. The molecule has 0 aliphatic heterocycles. The number of rotatable bonds is 5. The van der Waals surface area contributed by atoms with Crippen LogP contribution in [0, 0.1) is 0 Å². The summed E-state index contributed by atoms with van der Waals surface area (Å²) in [4.78, 5) is 4.38. The minimum absolute atomic E-state index is 0.131. The van der Waals surface area contributed by atoms with Gasteiger partial charge in [-0.3, -0.25) is 0 Å². The molecule has 0 fully saturated rings. The zero-order valence-electron chi connectivity index (χ0n) is 12.7. The molecule has 21 heavy (non-hydrogen) atoms. The van der Waals surface area contributed by atoms with Crippen molar-refractivity contribution in [2.75, 3.05) is 11.9 Å². The number of anilines is 1. The van der Waals surface area contributed by atoms with Gasteiger partial charge in [-0.25, -0.2) is 0 Å². The molecule has 0 aliphatic rings. The molecule has 1 aromatic heterocycles. The lowest BCUT2D eigenvalue weighted by Crippen LogP contribution is -2.13. The number of ether oxygens (including phenoxy) is 1. The summed E-state index contributed by atoms with van der Waals surface area (Å²) in [5, 5.41) is 7.85. The van der Waals surface area contributed by atoms with Crippen molar-refractivity contribution in [3.05, 3.63) is 34.9 Å². The molecule has 0 unspecified atom stereocenters. The van der Waals surface area contributed by atoms with Crippen LogP contribution < -0.4 is 10.1 Å². The van der Waals surface area contributed by atoms with Gasteiger partial charge in [-0.1, -0.05) is 37.5 Å². The third-order valence-corrected chi connectivity index (χ3v) is 3.05. The average molecular weight is 310 g/mol. The van der Waals surface area contributed by atoms with Crippen LogP contribution in [0.2, 0.25) is 5.02 Å². The van der Waals surface area contributed by atoms with Gasteiger partial charge in [-0.2, -0.15) is 4.98 Å². The molecule has 6 heteroatoms. The summed E-state index contributed by atoms with van der Waals surface area (Å²) in [6.07, 6.45) is 0. The van der Waals surface area contributed by atoms with Crippen LogP contribution >= 0.6 is 11.6 Å². The minimum atomic E-state index is -0.131. The predicted molar refractivity (Wildman–Crippen MR) is 82.9 cm³/mol. The molecule has 5 nitrogen and oxygen atoms in total. The molecule has 1 N–H and O–H groups in total. The Morgan fingerprint density at radius 1 is 1.33 bits per heavy atom. The van der Waals surface area contributed by atoms with Crippen LogP contribution in [0.15, 0.2) is 22.7 Å². The Morgan fingerprint density at radius 3 is 2.71 bits per heavy atom. The lowest BCUT2D eigenvalue weighted by molar-refractivity contribution is 0.341. The summed E-state index contributed by atoms with van der Waals surface area (Å²) in [5.41, 5.74) is 0.675. The van der Waals surface area contributed by atoms with Gasteiger partial charge in [0.15, 0.2) is 5.82 Å². The van der Waals surface area contributed by atoms with Crippen molar-refractivity contribution in [3.8, 4) is 5.75 Å². The second-order valence-electron chi connectivity index (χ2n) is 5.69. The molecule has 2 rings (SSSR count). The Morgan fingerprint density at radius 2 is 2.10 bits per heavy atom. The van der Waals surface area contributed by atoms with Gasteiger partial charge < -0.3 is 14.6 Å². The van der Waals surface area contributed by atoms with Gasteiger partial charge in [0.1, 0.15) is 5.75 Å². The van der Waals surface area contributed by atoms with E-state index in [1.807, 2.05) is 39.8 Å². The normalized spacial score (nSPS) is 11.5. The zero-order chi connectivity index (χ0) is 15.5. The Labute approximate surface area is 129 Å². The summed E-state index contributed by atoms with van der Waals surface area (Å²) in [5.74, 6) is 1.97. The highest BCUT2D eigenvalue weighted by Gasteiger charge is 2.20. The van der Waals surface area contributed by atoms with Crippen molar-refractivity contribution >= 4 is 17.3 Å². The van der Waals surface area contributed by atoms with Gasteiger partial charge in [-0.15, -0.1) is 0 Å². The van der Waals surface area contributed by atoms with Crippen molar-refractivity contribution in [2.24, 2.45) is 0 Å². The quantitative estimate of drug-likeness (QED) is 0.903. The fraction of sp³-hybridized carbons (Fsp3) is 0.467. The van der Waals surface area contributed by atoms with Crippen molar-refractivity contribution in [3.63, 3.8) is 0 Å². The van der Waals surface area contributed by atoms with Gasteiger partial charge in [0.05, 0.1) is 18.8 Å². The molecule has 0 spiro atoms. The van der Waals surface area contributed by atoms with E-state index < -0.39 is 0 Å². The van der Waals surface area contributed by atoms with E-state index in [0.717, 1.165) is 11.4 Å². The summed E-state index contributed by atoms with van der Waals surface area (Å²) in [6.45, 7) is 9.07. The Hall–Kier alpha value is -1.75. The zero-order valence-corrected chi connectivity index (χ0v) is 13.5. The van der Waals surface area contributed by atoms with E-state index >= 15 is 0 Å². The Bertz CT molecular complexity index is 605. The number of hydrogen-bond donors (Lipinski definition) is 1. The Kier molecular flexibility index (Phi) is 4.73. The number of nitrogens with one attached hydrogen (secondary N) is 1. The first-order chi connectivity index (χ1) is 9.90. The van der Waals surface area contributed by atoms with Crippen molar-refractivity contribution in [1.29, 1.82) is 0 Å². The average Bonchev–Trinajstić information content (AvgIpc) is 2.88. The van der Waals surface area contributed by atoms with E-state index in [1.54, 1.807) is 6.07 Å². The molecule has 0 amide bonds. The summed E-state index contributed by atoms with van der Waals surface area (Å²) < 4.78 is 10.8. The van der Waals surface area contributed by atoms with E-state index in [4.69, 9.17) is 20.9 Å². The lowest BCUT2D eigenvalue weighted by atomic mass is 9.96. The minimum Gasteiger partial charge on any atom is -0.492 e. The van der Waals surface area contributed by atoms with Crippen LogP contribution in [0.1, 0.15) is 39.4 Å². The highest BCUT2D eigenvalue weighted by molar-refractivity contribution is 6.30. The van der Waals surface area contributed by atoms with E-state index in [-0.39, 0.29) is 5.41 Å². The van der Waals surface area contributed by atoms with Crippen molar-refractivity contribution in [1.82, 2.24) is 10.1 Å². The number of benzene rings is 1. The molecule has 0 atom stereocenters. The first-order valence-corrected chi connectivity index (χ1v) is 7.27. The van der Waals surface area contributed by atoms with Crippen LogP contribution in [0.5, 0.6) is 5.75 Å². The lowest BCUT2D eigenvalue weighted by Gasteiger charge is -2.12. The maximum atomic E-state index is 6.02. The van der Waals surface area contributed by atoms with E-state index in [9.17, 15) is 0 Å². The van der Waals surface area contributed by atoms with Crippen molar-refractivity contribution < 1.29 is 9.26 Å². The van der Waals surface area contributed by atoms with Gasteiger partial charge >= 0.3 is 0 Å². The first-order valence-electron chi connectivity index (χ1n) is 6.89. The highest BCUT2D eigenvalue weighted by atomic mass is 35.5. The SMILES string of the molecule is CCOc1ccc(Cl)cc1NCc1nc(C(C)(C)C)no1. The number of nitrogens with zero attached hydrogens (tertiary/aromatic N) is 2. The third-order valence-electron chi connectivity index (χ3n) is 2.81. The molecule has 2 aromatic rings. The molecule has 0 aliphatic carbocycles. The summed E-state index contributed by atoms with van der Waals surface area (Å²) in [6, 6.07) is 5.44. The second-order valence-corrected chi connectivity index (χ2v) is 6.13. The fourth-order valence-corrected chi connectivity index (χ4v) is 1.90. The molecular formula is C15H20ClN3O2. The molecule has 1 heterocycles. The van der Waals surface area contributed by atoms with Crippen LogP contribution in [0.3, 0.4) is 0 Å². The van der Waals surface area contributed by atoms with Crippen LogP contribution in [0.25, 0.3) is 0 Å². The maximum absolute atomic E-state index is 6.02. The Balaban J connectivity index is 2.09. The first kappa shape index (κ1) is 15.6. The topological polar surface area (TPSA) is 60.2 Å². The fourth-order valence-electron chi connectivity index (χ4n) is 1.72.